The quantitative estimate of drug-likeness (QED) is 0.528. The minimum absolute atomic E-state index is 0.0387. The first kappa shape index (κ1) is 15.7. The highest BCUT2D eigenvalue weighted by molar-refractivity contribution is 5.88. The Kier molecular flexibility index (Phi) is 7.26. The first-order valence-corrected chi connectivity index (χ1v) is 5.94. The van der Waals surface area contributed by atoms with Crippen LogP contribution in [0.15, 0.2) is 11.6 Å². The number of ether oxygens (including phenoxy) is 1. The normalized spacial score (nSPS) is 11.6. The van der Waals surface area contributed by atoms with Gasteiger partial charge in [0.25, 0.3) is 0 Å². The maximum absolute atomic E-state index is 12.0. The van der Waals surface area contributed by atoms with Crippen LogP contribution >= 0.6 is 0 Å². The van der Waals surface area contributed by atoms with Crippen molar-refractivity contribution in [2.75, 3.05) is 13.7 Å². The van der Waals surface area contributed by atoms with Gasteiger partial charge in [-0.15, -0.1) is 0 Å². The zero-order valence-electron chi connectivity index (χ0n) is 11.4. The number of nitrogens with zero attached hydrogens (tertiary/aromatic N) is 1. The van der Waals surface area contributed by atoms with Gasteiger partial charge in [0.2, 0.25) is 5.91 Å². The van der Waals surface area contributed by atoms with Crippen LogP contribution in [0.4, 0.5) is 0 Å². The van der Waals surface area contributed by atoms with Crippen molar-refractivity contribution in [3.63, 3.8) is 0 Å². The number of allylic oxidation sites excluding steroid dienone is 1. The number of rotatable bonds is 6. The van der Waals surface area contributed by atoms with Gasteiger partial charge >= 0.3 is 5.97 Å². The van der Waals surface area contributed by atoms with Gasteiger partial charge in [-0.1, -0.05) is 12.5 Å². The second-order valence-corrected chi connectivity index (χ2v) is 4.34. The van der Waals surface area contributed by atoms with Crippen LogP contribution in [-0.4, -0.2) is 36.5 Å². The molecule has 0 radical (unpaired) electrons. The Hall–Kier alpha value is -1.32. The zero-order chi connectivity index (χ0) is 13.4. The highest BCUT2D eigenvalue weighted by atomic mass is 16.5. The average Bonchev–Trinajstić information content (AvgIpc) is 2.27. The van der Waals surface area contributed by atoms with E-state index in [2.05, 4.69) is 4.74 Å². The summed E-state index contributed by atoms with van der Waals surface area (Å²) in [4.78, 5) is 24.8. The highest BCUT2D eigenvalue weighted by Gasteiger charge is 2.18. The monoisotopic (exact) mass is 241 g/mol. The predicted octanol–water partition coefficient (Wildman–Crippen LogP) is 2.14. The molecular formula is C13H23NO3. The summed E-state index contributed by atoms with van der Waals surface area (Å²) >= 11 is 0. The van der Waals surface area contributed by atoms with Crippen LogP contribution in [0.1, 0.15) is 40.5 Å². The first-order chi connectivity index (χ1) is 7.92. The fourth-order valence-corrected chi connectivity index (χ4v) is 1.41. The lowest BCUT2D eigenvalue weighted by Gasteiger charge is -2.27. The molecule has 0 aromatic carbocycles. The maximum atomic E-state index is 12.0. The topological polar surface area (TPSA) is 46.6 Å². The Balaban J connectivity index is 4.59. The summed E-state index contributed by atoms with van der Waals surface area (Å²) in [6.45, 7) is 8.17. The summed E-state index contributed by atoms with van der Waals surface area (Å²) in [6.07, 6.45) is 2.70. The molecule has 4 nitrogen and oxygen atoms in total. The number of esters is 1. The van der Waals surface area contributed by atoms with Gasteiger partial charge in [0.1, 0.15) is 0 Å². The first-order valence-electron chi connectivity index (χ1n) is 5.94. The molecule has 17 heavy (non-hydrogen) atoms. The van der Waals surface area contributed by atoms with Crippen molar-refractivity contribution in [1.29, 1.82) is 0 Å². The van der Waals surface area contributed by atoms with Gasteiger partial charge in [-0.3, -0.25) is 9.59 Å². The third-order valence-electron chi connectivity index (χ3n) is 2.60. The van der Waals surface area contributed by atoms with Crippen molar-refractivity contribution in [2.45, 2.75) is 46.6 Å². The Morgan fingerprint density at radius 3 is 2.35 bits per heavy atom. The summed E-state index contributed by atoms with van der Waals surface area (Å²) in [5, 5.41) is 0. The number of hydrogen-bond acceptors (Lipinski definition) is 3. The molecule has 0 N–H and O–H groups in total. The van der Waals surface area contributed by atoms with E-state index in [1.54, 1.807) is 11.0 Å². The molecular weight excluding hydrogens is 218 g/mol. The lowest BCUT2D eigenvalue weighted by molar-refractivity contribution is -0.141. The average molecular weight is 241 g/mol. The van der Waals surface area contributed by atoms with Crippen molar-refractivity contribution in [1.82, 2.24) is 4.90 Å². The highest BCUT2D eigenvalue weighted by Crippen LogP contribution is 2.07. The summed E-state index contributed by atoms with van der Waals surface area (Å²) < 4.78 is 4.58. The lowest BCUT2D eigenvalue weighted by Crippen LogP contribution is -2.39. The molecule has 0 aromatic rings. The van der Waals surface area contributed by atoms with Crippen LogP contribution in [0, 0.1) is 0 Å². The van der Waals surface area contributed by atoms with Crippen molar-refractivity contribution >= 4 is 11.9 Å². The van der Waals surface area contributed by atoms with E-state index in [0.29, 0.717) is 6.54 Å². The minimum Gasteiger partial charge on any atom is -0.469 e. The largest absolute Gasteiger partial charge is 0.469 e. The summed E-state index contributed by atoms with van der Waals surface area (Å²) in [6, 6.07) is 0.128. The molecule has 98 valence electrons. The Bertz CT molecular complexity index is 293. The Morgan fingerprint density at radius 2 is 1.94 bits per heavy atom. The molecule has 0 spiro atoms. The number of amides is 1. The van der Waals surface area contributed by atoms with E-state index >= 15 is 0 Å². The predicted molar refractivity (Wildman–Crippen MR) is 67.5 cm³/mol. The van der Waals surface area contributed by atoms with Crippen molar-refractivity contribution in [3.8, 4) is 0 Å². The third kappa shape index (κ3) is 6.09. The smallest absolute Gasteiger partial charge is 0.307 e. The molecule has 0 saturated carbocycles. The van der Waals surface area contributed by atoms with Crippen LogP contribution in [0.25, 0.3) is 0 Å². The van der Waals surface area contributed by atoms with Crippen LogP contribution < -0.4 is 0 Å². The van der Waals surface area contributed by atoms with E-state index in [1.165, 1.54) is 7.11 Å². The van der Waals surface area contributed by atoms with Crippen molar-refractivity contribution in [2.24, 2.45) is 0 Å². The molecule has 0 heterocycles. The van der Waals surface area contributed by atoms with Gasteiger partial charge in [-0.05, 0) is 27.2 Å². The SMILES string of the molecule is CCC(C)N(CCC(=O)OC)C(=O)C=C(C)C. The van der Waals surface area contributed by atoms with E-state index < -0.39 is 0 Å². The van der Waals surface area contributed by atoms with Gasteiger partial charge < -0.3 is 9.64 Å². The van der Waals surface area contributed by atoms with E-state index in [9.17, 15) is 9.59 Å². The lowest BCUT2D eigenvalue weighted by atomic mass is 10.2. The van der Waals surface area contributed by atoms with Crippen LogP contribution in [0.2, 0.25) is 0 Å². The zero-order valence-corrected chi connectivity index (χ0v) is 11.4. The summed E-state index contributed by atoms with van der Waals surface area (Å²) in [5.41, 5.74) is 0.960. The molecule has 1 unspecified atom stereocenters. The van der Waals surface area contributed by atoms with E-state index in [1.807, 2.05) is 27.7 Å². The number of methoxy groups -OCH3 is 1. The summed E-state index contributed by atoms with van der Waals surface area (Å²) in [7, 11) is 1.35. The molecule has 0 aliphatic rings. The molecule has 1 atom stereocenters. The molecule has 0 rings (SSSR count). The van der Waals surface area contributed by atoms with Gasteiger partial charge in [0.15, 0.2) is 0 Å². The minimum atomic E-state index is -0.289. The van der Waals surface area contributed by atoms with Crippen LogP contribution in [-0.2, 0) is 14.3 Å². The second-order valence-electron chi connectivity index (χ2n) is 4.34. The van der Waals surface area contributed by atoms with Crippen LogP contribution in [0.3, 0.4) is 0 Å². The molecule has 0 fully saturated rings. The number of carbonyl (C=O) groups excluding carboxylic acids is 2. The van der Waals surface area contributed by atoms with Gasteiger partial charge in [0.05, 0.1) is 13.5 Å². The second kappa shape index (κ2) is 7.87. The molecule has 0 aliphatic carbocycles. The third-order valence-corrected chi connectivity index (χ3v) is 2.60. The Morgan fingerprint density at radius 1 is 1.35 bits per heavy atom. The summed E-state index contributed by atoms with van der Waals surface area (Å²) in [5.74, 6) is -0.327. The molecule has 0 saturated heterocycles. The van der Waals surface area contributed by atoms with Crippen LogP contribution in [0.5, 0.6) is 0 Å². The maximum Gasteiger partial charge on any atom is 0.307 e. The van der Waals surface area contributed by atoms with E-state index in [4.69, 9.17) is 0 Å². The van der Waals surface area contributed by atoms with E-state index in [0.717, 1.165) is 12.0 Å². The molecule has 0 bridgehead atoms. The fourth-order valence-electron chi connectivity index (χ4n) is 1.41. The number of carbonyl (C=O) groups is 2. The molecule has 1 amide bonds. The van der Waals surface area contributed by atoms with Crippen molar-refractivity contribution in [3.05, 3.63) is 11.6 Å². The molecule has 0 aliphatic heterocycles. The fraction of sp³-hybridized carbons (Fsp3) is 0.692. The molecule has 4 heteroatoms. The molecule has 0 aromatic heterocycles. The van der Waals surface area contributed by atoms with Gasteiger partial charge in [-0.25, -0.2) is 0 Å². The van der Waals surface area contributed by atoms with Gasteiger partial charge in [0, 0.05) is 18.7 Å². The van der Waals surface area contributed by atoms with Gasteiger partial charge in [-0.2, -0.15) is 0 Å². The number of hydrogen-bond donors (Lipinski definition) is 0. The van der Waals surface area contributed by atoms with E-state index in [-0.39, 0.29) is 24.3 Å². The van der Waals surface area contributed by atoms with Crippen molar-refractivity contribution < 1.29 is 14.3 Å². The Labute approximate surface area is 104 Å². The standard InChI is InChI=1S/C13H23NO3/c1-6-11(4)14(8-7-13(16)17-5)12(15)9-10(2)3/h9,11H,6-8H2,1-5H3.